The molecule has 2 heterocycles. The van der Waals surface area contributed by atoms with Gasteiger partial charge in [0.25, 0.3) is 0 Å². The number of ketones is 1. The van der Waals surface area contributed by atoms with E-state index in [1.807, 2.05) is 48.5 Å². The minimum Gasteiger partial charge on any atom is -0.495 e. The van der Waals surface area contributed by atoms with Crippen molar-refractivity contribution in [3.63, 3.8) is 0 Å². The van der Waals surface area contributed by atoms with Crippen LogP contribution in [0.2, 0.25) is 0 Å². The second-order valence-corrected chi connectivity index (χ2v) is 11.6. The van der Waals surface area contributed by atoms with E-state index in [0.717, 1.165) is 99.4 Å². The molecule has 0 N–H and O–H groups in total. The fourth-order valence-corrected chi connectivity index (χ4v) is 6.28. The number of rotatable bonds is 10. The van der Waals surface area contributed by atoms with Crippen molar-refractivity contribution < 1.29 is 14.3 Å². The van der Waals surface area contributed by atoms with Crippen molar-refractivity contribution in [2.45, 2.75) is 13.1 Å². The maximum absolute atomic E-state index is 13.2. The molecule has 0 amide bonds. The van der Waals surface area contributed by atoms with Gasteiger partial charge in [0.1, 0.15) is 11.5 Å². The van der Waals surface area contributed by atoms with E-state index >= 15 is 0 Å². The van der Waals surface area contributed by atoms with Crippen molar-refractivity contribution in [2.24, 2.45) is 0 Å². The van der Waals surface area contributed by atoms with Gasteiger partial charge < -0.3 is 19.3 Å². The Morgan fingerprint density at radius 2 is 0.886 bits per heavy atom. The van der Waals surface area contributed by atoms with Gasteiger partial charge in [-0.05, 0) is 35.4 Å². The summed E-state index contributed by atoms with van der Waals surface area (Å²) in [7, 11) is 3.46. The van der Waals surface area contributed by atoms with Crippen LogP contribution in [0, 0.1) is 0 Å². The van der Waals surface area contributed by atoms with Crippen molar-refractivity contribution in [2.75, 3.05) is 76.4 Å². The summed E-state index contributed by atoms with van der Waals surface area (Å²) >= 11 is 0. The molecule has 0 spiro atoms. The maximum Gasteiger partial charge on any atom is 0.193 e. The van der Waals surface area contributed by atoms with Crippen molar-refractivity contribution in [3.05, 3.63) is 119 Å². The zero-order valence-electron chi connectivity index (χ0n) is 25.8. The van der Waals surface area contributed by atoms with E-state index in [9.17, 15) is 4.79 Å². The van der Waals surface area contributed by atoms with Crippen LogP contribution in [0.25, 0.3) is 0 Å². The van der Waals surface area contributed by atoms with Gasteiger partial charge >= 0.3 is 0 Å². The number of carbonyl (C=O) groups excluding carboxylic acids is 1. The molecule has 0 radical (unpaired) electrons. The van der Waals surface area contributed by atoms with Crippen molar-refractivity contribution in [1.82, 2.24) is 9.80 Å². The number of hydrogen-bond acceptors (Lipinski definition) is 7. The van der Waals surface area contributed by atoms with Crippen LogP contribution in [0.4, 0.5) is 11.4 Å². The average Bonchev–Trinajstić information content (AvgIpc) is 3.09. The van der Waals surface area contributed by atoms with E-state index in [-0.39, 0.29) is 5.78 Å². The standard InChI is InChI=1S/C37H42N4O3/c1-43-35-9-5-3-7-33(35)40-23-19-38(20-24-40)27-29-11-15-31(16-12-29)37(42)32-17-13-30(14-18-32)28-39-21-25-41(26-22-39)34-8-4-6-10-36(34)44-2/h3-18H,19-28H2,1-2H3. The Balaban J connectivity index is 0.976. The lowest BCUT2D eigenvalue weighted by atomic mass is 10.0. The first-order valence-electron chi connectivity index (χ1n) is 15.5. The van der Waals surface area contributed by atoms with Gasteiger partial charge in [0.2, 0.25) is 0 Å². The predicted molar refractivity (Wildman–Crippen MR) is 177 cm³/mol. The van der Waals surface area contributed by atoms with E-state index in [2.05, 4.69) is 68.1 Å². The molecule has 6 rings (SSSR count). The van der Waals surface area contributed by atoms with E-state index in [1.54, 1.807) is 14.2 Å². The van der Waals surface area contributed by atoms with Crippen LogP contribution in [0.15, 0.2) is 97.1 Å². The van der Waals surface area contributed by atoms with Gasteiger partial charge in [-0.3, -0.25) is 14.6 Å². The number of hydrogen-bond donors (Lipinski definition) is 0. The number of benzene rings is 4. The van der Waals surface area contributed by atoms with Gasteiger partial charge in [-0.15, -0.1) is 0 Å². The Bertz CT molecular complexity index is 1410. The molecular weight excluding hydrogens is 548 g/mol. The lowest BCUT2D eigenvalue weighted by molar-refractivity contribution is 0.103. The summed E-state index contributed by atoms with van der Waals surface area (Å²) < 4.78 is 11.1. The molecule has 4 aromatic rings. The van der Waals surface area contributed by atoms with E-state index in [1.165, 1.54) is 11.1 Å². The van der Waals surface area contributed by atoms with Gasteiger partial charge in [-0.25, -0.2) is 0 Å². The highest BCUT2D eigenvalue weighted by Crippen LogP contribution is 2.30. The number of ether oxygens (including phenoxy) is 2. The smallest absolute Gasteiger partial charge is 0.193 e. The SMILES string of the molecule is COc1ccccc1N1CCN(Cc2ccc(C(=O)c3ccc(CN4CCN(c5ccccc5OC)CC4)cc3)cc2)CC1. The third kappa shape index (κ3) is 6.90. The van der Waals surface area contributed by atoms with Gasteiger partial charge in [-0.1, -0.05) is 72.8 Å². The second-order valence-electron chi connectivity index (χ2n) is 11.6. The van der Waals surface area contributed by atoms with Gasteiger partial charge in [0.15, 0.2) is 5.78 Å². The summed E-state index contributed by atoms with van der Waals surface area (Å²) in [6, 6.07) is 32.7. The average molecular weight is 591 g/mol. The minimum absolute atomic E-state index is 0.0685. The molecule has 44 heavy (non-hydrogen) atoms. The minimum atomic E-state index is 0.0685. The van der Waals surface area contributed by atoms with Crippen LogP contribution in [0.1, 0.15) is 27.0 Å². The largest absolute Gasteiger partial charge is 0.495 e. The Morgan fingerprint density at radius 1 is 0.523 bits per heavy atom. The molecule has 2 aliphatic heterocycles. The molecule has 4 aromatic carbocycles. The monoisotopic (exact) mass is 590 g/mol. The van der Waals surface area contributed by atoms with Crippen LogP contribution in [-0.2, 0) is 13.1 Å². The van der Waals surface area contributed by atoms with E-state index in [4.69, 9.17) is 9.47 Å². The highest BCUT2D eigenvalue weighted by atomic mass is 16.5. The first-order chi connectivity index (χ1) is 21.6. The Morgan fingerprint density at radius 3 is 1.25 bits per heavy atom. The molecule has 0 atom stereocenters. The topological polar surface area (TPSA) is 48.5 Å². The summed E-state index contributed by atoms with van der Waals surface area (Å²) in [5, 5.41) is 0. The molecule has 228 valence electrons. The Labute approximate surface area is 261 Å². The van der Waals surface area contributed by atoms with Crippen molar-refractivity contribution >= 4 is 17.2 Å². The van der Waals surface area contributed by atoms with Crippen LogP contribution >= 0.6 is 0 Å². The molecule has 0 bridgehead atoms. The molecule has 2 saturated heterocycles. The molecular formula is C37H42N4O3. The molecule has 2 aliphatic rings. The summed E-state index contributed by atoms with van der Waals surface area (Å²) in [5.74, 6) is 1.92. The van der Waals surface area contributed by atoms with Crippen LogP contribution in [-0.4, -0.2) is 82.2 Å². The molecule has 0 unspecified atom stereocenters. The zero-order chi connectivity index (χ0) is 30.3. The quantitative estimate of drug-likeness (QED) is 0.224. The lowest BCUT2D eigenvalue weighted by Gasteiger charge is -2.36. The molecule has 0 aliphatic carbocycles. The third-order valence-electron chi connectivity index (χ3n) is 8.84. The Kier molecular flexibility index (Phi) is 9.44. The first-order valence-corrected chi connectivity index (χ1v) is 15.5. The van der Waals surface area contributed by atoms with Crippen LogP contribution in [0.5, 0.6) is 11.5 Å². The number of nitrogens with zero attached hydrogens (tertiary/aromatic N) is 4. The summed E-state index contributed by atoms with van der Waals surface area (Å²) in [5.41, 5.74) is 6.24. The van der Waals surface area contributed by atoms with Crippen LogP contribution in [0.3, 0.4) is 0 Å². The van der Waals surface area contributed by atoms with Crippen LogP contribution < -0.4 is 19.3 Å². The summed E-state index contributed by atoms with van der Waals surface area (Å²) in [4.78, 5) is 23.0. The van der Waals surface area contributed by atoms with Gasteiger partial charge in [0.05, 0.1) is 25.6 Å². The van der Waals surface area contributed by atoms with Gasteiger partial charge in [0, 0.05) is 76.6 Å². The molecule has 7 heteroatoms. The van der Waals surface area contributed by atoms with E-state index < -0.39 is 0 Å². The van der Waals surface area contributed by atoms with E-state index in [0.29, 0.717) is 0 Å². The normalized spacial score (nSPS) is 16.1. The Hall–Kier alpha value is -4.33. The third-order valence-corrected chi connectivity index (χ3v) is 8.84. The number of anilines is 2. The molecule has 7 nitrogen and oxygen atoms in total. The molecule has 0 aromatic heterocycles. The zero-order valence-corrected chi connectivity index (χ0v) is 25.8. The van der Waals surface area contributed by atoms with Gasteiger partial charge in [-0.2, -0.15) is 0 Å². The predicted octanol–water partition coefficient (Wildman–Crippen LogP) is 5.58. The summed E-state index contributed by atoms with van der Waals surface area (Å²) in [6.45, 7) is 9.58. The summed E-state index contributed by atoms with van der Waals surface area (Å²) in [6.07, 6.45) is 0. The maximum atomic E-state index is 13.2. The lowest BCUT2D eigenvalue weighted by Crippen LogP contribution is -2.46. The molecule has 2 fully saturated rings. The fraction of sp³-hybridized carbons (Fsp3) is 0.324. The molecule has 0 saturated carbocycles. The fourth-order valence-electron chi connectivity index (χ4n) is 6.28. The number of para-hydroxylation sites is 4. The second kappa shape index (κ2) is 14.0. The highest BCUT2D eigenvalue weighted by Gasteiger charge is 2.21. The highest BCUT2D eigenvalue weighted by molar-refractivity contribution is 6.09. The number of methoxy groups -OCH3 is 2. The first kappa shape index (κ1) is 29.7. The van der Waals surface area contributed by atoms with Crippen molar-refractivity contribution in [3.8, 4) is 11.5 Å². The number of piperazine rings is 2. The van der Waals surface area contributed by atoms with Crippen molar-refractivity contribution in [1.29, 1.82) is 0 Å². The number of carbonyl (C=O) groups is 1.